The zero-order chi connectivity index (χ0) is 34.2. The summed E-state index contributed by atoms with van der Waals surface area (Å²) in [6, 6.07) is 17.5. The van der Waals surface area contributed by atoms with Crippen molar-refractivity contribution in [3.63, 3.8) is 0 Å². The van der Waals surface area contributed by atoms with E-state index in [1.807, 2.05) is 24.3 Å². The molecule has 0 bridgehead atoms. The van der Waals surface area contributed by atoms with Gasteiger partial charge in [0.15, 0.2) is 9.84 Å². The van der Waals surface area contributed by atoms with Gasteiger partial charge in [0.25, 0.3) is 0 Å². The van der Waals surface area contributed by atoms with Crippen molar-refractivity contribution >= 4 is 19.9 Å². The molecule has 0 radical (unpaired) electrons. The number of aliphatic hydroxyl groups excluding tert-OH is 2. The Morgan fingerprint density at radius 3 is 2.38 bits per heavy atom. The number of aliphatic hydroxyl groups is 2. The molecule has 2 atom stereocenters. The van der Waals surface area contributed by atoms with Gasteiger partial charge >= 0.3 is 0 Å². The average molecular weight is 704 g/mol. The molecule has 0 unspecified atom stereocenters. The number of hydrogen-bond donors (Lipinski definition) is 4. The van der Waals surface area contributed by atoms with Crippen LogP contribution in [0.25, 0.3) is 11.1 Å². The van der Waals surface area contributed by atoms with Crippen molar-refractivity contribution < 1.29 is 40.9 Å². The maximum Gasteiger partial charge on any atom is 0.246 e. The monoisotopic (exact) mass is 703 g/mol. The summed E-state index contributed by atoms with van der Waals surface area (Å²) in [6.07, 6.45) is 1.50. The van der Waals surface area contributed by atoms with Gasteiger partial charge in [-0.05, 0) is 79.1 Å². The predicted molar refractivity (Wildman–Crippen MR) is 177 cm³/mol. The summed E-state index contributed by atoms with van der Waals surface area (Å²) in [7, 11) is -7.78. The molecule has 3 fully saturated rings. The molecule has 3 aliphatic rings. The third-order valence-electron chi connectivity index (χ3n) is 9.78. The SMILES string of the molecule is NCc1ccc(-c2ccc(F)c(S(=O)(=O)N3CCC4(CC3)C[C@H](NC[C@H](O)COc3cccc(S(=O)(=O)C5(CO)CC5)c3)CO4)c2)cc1. The normalized spacial score (nSPS) is 21.3. The van der Waals surface area contributed by atoms with Crippen LogP contribution < -0.4 is 15.8 Å². The van der Waals surface area contributed by atoms with E-state index in [4.69, 9.17) is 15.2 Å². The molecule has 6 rings (SSSR count). The van der Waals surface area contributed by atoms with Crippen molar-refractivity contribution in [2.45, 2.75) is 70.9 Å². The fourth-order valence-corrected chi connectivity index (χ4v) is 9.87. The first-order valence-corrected chi connectivity index (χ1v) is 19.1. The third-order valence-corrected chi connectivity index (χ3v) is 14.2. The molecule has 5 N–H and O–H groups in total. The van der Waals surface area contributed by atoms with Crippen molar-refractivity contribution in [2.24, 2.45) is 5.73 Å². The van der Waals surface area contributed by atoms with Gasteiger partial charge in [0.2, 0.25) is 10.0 Å². The molecule has 0 amide bonds. The van der Waals surface area contributed by atoms with Crippen molar-refractivity contribution in [3.05, 3.63) is 78.1 Å². The number of hydrogen-bond acceptors (Lipinski definition) is 10. The zero-order valence-electron chi connectivity index (χ0n) is 26.6. The molecular formula is C34H42FN3O8S2. The van der Waals surface area contributed by atoms with Crippen molar-refractivity contribution in [3.8, 4) is 16.9 Å². The van der Waals surface area contributed by atoms with E-state index in [0.717, 1.165) is 11.1 Å². The molecule has 11 nitrogen and oxygen atoms in total. The Labute approximate surface area is 280 Å². The Morgan fingerprint density at radius 2 is 1.71 bits per heavy atom. The number of sulfone groups is 1. The van der Waals surface area contributed by atoms with Gasteiger partial charge in [-0.15, -0.1) is 0 Å². The maximum absolute atomic E-state index is 14.9. The molecule has 2 heterocycles. The first kappa shape index (κ1) is 34.9. The Bertz CT molecular complexity index is 1830. The van der Waals surface area contributed by atoms with Crippen LogP contribution in [0.1, 0.15) is 37.7 Å². The van der Waals surface area contributed by atoms with E-state index in [9.17, 15) is 31.4 Å². The smallest absolute Gasteiger partial charge is 0.246 e. The minimum atomic E-state index is -4.09. The Kier molecular flexibility index (Phi) is 10.00. The molecule has 3 aromatic carbocycles. The summed E-state index contributed by atoms with van der Waals surface area (Å²) in [6.45, 7) is 0.882. The van der Waals surface area contributed by atoms with Crippen LogP contribution in [0.2, 0.25) is 0 Å². The highest BCUT2D eigenvalue weighted by Crippen LogP contribution is 2.46. The number of sulfonamides is 1. The fourth-order valence-electron chi connectivity index (χ4n) is 6.50. The number of nitrogens with one attached hydrogen (secondary N) is 1. The van der Waals surface area contributed by atoms with Crippen LogP contribution in [-0.4, -0.2) is 93.3 Å². The van der Waals surface area contributed by atoms with Gasteiger partial charge in [0, 0.05) is 32.2 Å². The van der Waals surface area contributed by atoms with E-state index in [0.29, 0.717) is 56.6 Å². The summed E-state index contributed by atoms with van der Waals surface area (Å²) in [4.78, 5) is -0.272. The van der Waals surface area contributed by atoms with E-state index >= 15 is 0 Å². The summed E-state index contributed by atoms with van der Waals surface area (Å²) in [5.41, 5.74) is 7.46. The molecule has 1 spiro atoms. The van der Waals surface area contributed by atoms with Gasteiger partial charge in [0.1, 0.15) is 29.2 Å². The van der Waals surface area contributed by atoms with Crippen LogP contribution in [-0.2, 0) is 31.1 Å². The minimum Gasteiger partial charge on any atom is -0.491 e. The van der Waals surface area contributed by atoms with Gasteiger partial charge in [0.05, 0.1) is 28.5 Å². The van der Waals surface area contributed by atoms with E-state index in [-0.39, 0.29) is 42.1 Å². The topological polar surface area (TPSA) is 168 Å². The standard InChI is InChI=1S/C34H42FN3O8S2/c35-31-9-8-26(25-6-4-24(19-36)5-7-25)16-32(31)48(43,44)38-14-12-33(13-15-38)18-27(21-46-33)37-20-28(40)22-45-29-2-1-3-30(17-29)47(41,42)34(23-39)10-11-34/h1-9,16-17,27-28,37,39-40H,10-15,18-23,36H2/t27-,28-/m0/s1. The first-order valence-electron chi connectivity index (χ1n) is 16.1. The molecule has 2 aliphatic heterocycles. The van der Waals surface area contributed by atoms with Gasteiger partial charge in [-0.1, -0.05) is 36.4 Å². The van der Waals surface area contributed by atoms with E-state index in [1.165, 1.54) is 28.6 Å². The van der Waals surface area contributed by atoms with E-state index in [2.05, 4.69) is 5.32 Å². The number of benzene rings is 3. The largest absolute Gasteiger partial charge is 0.491 e. The molecule has 48 heavy (non-hydrogen) atoms. The number of piperidine rings is 1. The van der Waals surface area contributed by atoms with Crippen LogP contribution in [0, 0.1) is 5.82 Å². The highest BCUT2D eigenvalue weighted by atomic mass is 32.2. The lowest BCUT2D eigenvalue weighted by Crippen LogP contribution is -2.47. The minimum absolute atomic E-state index is 0.0655. The molecular weight excluding hydrogens is 662 g/mol. The van der Waals surface area contributed by atoms with E-state index in [1.54, 1.807) is 18.2 Å². The molecule has 1 aliphatic carbocycles. The summed E-state index contributed by atoms with van der Waals surface area (Å²) >= 11 is 0. The predicted octanol–water partition coefficient (Wildman–Crippen LogP) is 2.59. The first-order chi connectivity index (χ1) is 22.9. The lowest BCUT2D eigenvalue weighted by atomic mass is 9.88. The van der Waals surface area contributed by atoms with Crippen molar-refractivity contribution in [1.82, 2.24) is 9.62 Å². The summed E-state index contributed by atoms with van der Waals surface area (Å²) in [5.74, 6) is -0.492. The van der Waals surface area contributed by atoms with Crippen LogP contribution in [0.5, 0.6) is 5.75 Å². The molecule has 14 heteroatoms. The number of nitrogens with zero attached hydrogens (tertiary/aromatic N) is 1. The van der Waals surface area contributed by atoms with Gasteiger partial charge in [-0.2, -0.15) is 4.31 Å². The quantitative estimate of drug-likeness (QED) is 0.208. The lowest BCUT2D eigenvalue weighted by molar-refractivity contribution is -0.0312. The highest BCUT2D eigenvalue weighted by molar-refractivity contribution is 7.93. The van der Waals surface area contributed by atoms with Crippen LogP contribution in [0.3, 0.4) is 0 Å². The zero-order valence-corrected chi connectivity index (χ0v) is 28.2. The van der Waals surface area contributed by atoms with Crippen LogP contribution >= 0.6 is 0 Å². The number of nitrogens with two attached hydrogens (primary N) is 1. The van der Waals surface area contributed by atoms with Gasteiger partial charge < -0.3 is 30.7 Å². The average Bonchev–Trinajstić information content (AvgIpc) is 3.83. The Morgan fingerprint density at radius 1 is 1.00 bits per heavy atom. The Hall–Kier alpha value is -2.95. The highest BCUT2D eigenvalue weighted by Gasteiger charge is 2.54. The van der Waals surface area contributed by atoms with Crippen LogP contribution in [0.15, 0.2) is 76.5 Å². The third kappa shape index (κ3) is 7.03. The number of halogens is 1. The Balaban J connectivity index is 0.990. The molecule has 0 aromatic heterocycles. The second kappa shape index (κ2) is 13.8. The second-order valence-electron chi connectivity index (χ2n) is 13.0. The second-order valence-corrected chi connectivity index (χ2v) is 17.3. The number of rotatable bonds is 13. The number of ether oxygens (including phenoxy) is 2. The summed E-state index contributed by atoms with van der Waals surface area (Å²) < 4.78 is 79.9. The van der Waals surface area contributed by atoms with E-state index < -0.39 is 48.7 Å². The van der Waals surface area contributed by atoms with Crippen LogP contribution in [0.4, 0.5) is 4.39 Å². The molecule has 1 saturated carbocycles. The molecule has 2 saturated heterocycles. The van der Waals surface area contributed by atoms with Gasteiger partial charge in [-0.25, -0.2) is 21.2 Å². The van der Waals surface area contributed by atoms with Crippen molar-refractivity contribution in [1.29, 1.82) is 0 Å². The molecule has 3 aromatic rings. The van der Waals surface area contributed by atoms with Gasteiger partial charge in [-0.3, -0.25) is 0 Å². The molecule has 260 valence electrons. The fraction of sp³-hybridized carbons (Fsp3) is 0.471. The maximum atomic E-state index is 14.9. The summed E-state index contributed by atoms with van der Waals surface area (Å²) in [5, 5.41) is 23.4. The lowest BCUT2D eigenvalue weighted by Gasteiger charge is -2.38. The van der Waals surface area contributed by atoms with Crippen molar-refractivity contribution in [2.75, 3.05) is 39.5 Å².